The first-order valence-corrected chi connectivity index (χ1v) is 7.74. The Balaban J connectivity index is 2.22. The molecule has 0 radical (unpaired) electrons. The number of nitrogens with zero attached hydrogens (tertiary/aromatic N) is 1. The summed E-state index contributed by atoms with van der Waals surface area (Å²) in [7, 11) is 2.11. The average Bonchev–Trinajstić information content (AvgIpc) is 2.45. The fourth-order valence-electron chi connectivity index (χ4n) is 2.50. The molecule has 112 valence electrons. The molecule has 2 nitrogen and oxygen atoms in total. The number of rotatable bonds is 6. The Morgan fingerprint density at radius 2 is 1.90 bits per heavy atom. The van der Waals surface area contributed by atoms with Crippen molar-refractivity contribution in [3.63, 3.8) is 0 Å². The lowest BCUT2D eigenvalue weighted by molar-refractivity contribution is 0.723. The number of hydrogen-bond acceptors (Lipinski definition) is 2. The third-order valence-electron chi connectivity index (χ3n) is 3.56. The summed E-state index contributed by atoms with van der Waals surface area (Å²) in [6, 6.07) is 14.7. The molecule has 0 spiro atoms. The predicted molar refractivity (Wildman–Crippen MR) is 92.1 cm³/mol. The monoisotopic (exact) mass is 302 g/mol. The van der Waals surface area contributed by atoms with Gasteiger partial charge in [0.05, 0.1) is 0 Å². The number of benzene rings is 2. The third-order valence-corrected chi connectivity index (χ3v) is 3.91. The zero-order chi connectivity index (χ0) is 15.2. The summed E-state index contributed by atoms with van der Waals surface area (Å²) >= 11 is 6.37. The molecule has 0 heterocycles. The number of halogens is 1. The minimum absolute atomic E-state index is 0.795. The number of hydrogen-bond donors (Lipinski definition) is 1. The first-order valence-electron chi connectivity index (χ1n) is 7.36. The van der Waals surface area contributed by atoms with Crippen LogP contribution in [-0.2, 0) is 13.1 Å². The molecule has 0 saturated carbocycles. The maximum absolute atomic E-state index is 6.37. The average molecular weight is 303 g/mol. The van der Waals surface area contributed by atoms with Crippen LogP contribution in [0.4, 0.5) is 5.69 Å². The molecular formula is C18H23ClN2. The van der Waals surface area contributed by atoms with Crippen molar-refractivity contribution in [1.82, 2.24) is 5.32 Å². The van der Waals surface area contributed by atoms with Crippen molar-refractivity contribution in [1.29, 1.82) is 0 Å². The molecule has 1 N–H and O–H groups in total. The normalized spacial score (nSPS) is 10.7. The second kappa shape index (κ2) is 7.48. The summed E-state index contributed by atoms with van der Waals surface area (Å²) in [6.07, 6.45) is 0. The van der Waals surface area contributed by atoms with Crippen LogP contribution in [0.2, 0.25) is 5.02 Å². The van der Waals surface area contributed by atoms with Crippen molar-refractivity contribution >= 4 is 17.3 Å². The molecule has 2 aromatic rings. The molecule has 0 aliphatic carbocycles. The molecule has 0 aliphatic heterocycles. The van der Waals surface area contributed by atoms with Gasteiger partial charge in [-0.15, -0.1) is 0 Å². The highest BCUT2D eigenvalue weighted by Gasteiger charge is 2.11. The van der Waals surface area contributed by atoms with E-state index in [4.69, 9.17) is 11.6 Å². The largest absolute Gasteiger partial charge is 0.370 e. The fourth-order valence-corrected chi connectivity index (χ4v) is 2.74. The predicted octanol–water partition coefficient (Wildman–Crippen LogP) is 4.39. The van der Waals surface area contributed by atoms with Crippen LogP contribution in [0.5, 0.6) is 0 Å². The Kier molecular flexibility index (Phi) is 5.66. The molecule has 0 unspecified atom stereocenters. The molecule has 0 saturated heterocycles. The summed E-state index contributed by atoms with van der Waals surface area (Å²) in [6.45, 7) is 6.84. The standard InChI is InChI=1S/C18H23ClN2/c1-4-20-12-16-17(19)9-6-10-18(16)21(3)13-15-8-5-7-14(2)11-15/h5-11,20H,4,12-13H2,1-3H3. The van der Waals surface area contributed by atoms with Gasteiger partial charge in [0.25, 0.3) is 0 Å². The van der Waals surface area contributed by atoms with E-state index < -0.39 is 0 Å². The zero-order valence-corrected chi connectivity index (χ0v) is 13.7. The number of anilines is 1. The molecule has 0 atom stereocenters. The highest BCUT2D eigenvalue weighted by atomic mass is 35.5. The van der Waals surface area contributed by atoms with Gasteiger partial charge in [0.1, 0.15) is 0 Å². The van der Waals surface area contributed by atoms with E-state index in [1.54, 1.807) is 0 Å². The van der Waals surface area contributed by atoms with E-state index in [9.17, 15) is 0 Å². The first kappa shape index (κ1) is 15.9. The lowest BCUT2D eigenvalue weighted by Crippen LogP contribution is -2.21. The van der Waals surface area contributed by atoms with Gasteiger partial charge in [-0.1, -0.05) is 54.4 Å². The molecule has 21 heavy (non-hydrogen) atoms. The van der Waals surface area contributed by atoms with E-state index in [0.29, 0.717) is 0 Å². The molecule has 0 aromatic heterocycles. The first-order chi connectivity index (χ1) is 10.1. The molecule has 3 heteroatoms. The maximum Gasteiger partial charge on any atom is 0.0471 e. The Hall–Kier alpha value is -1.51. The van der Waals surface area contributed by atoms with Crippen molar-refractivity contribution in [2.75, 3.05) is 18.5 Å². The van der Waals surface area contributed by atoms with Gasteiger partial charge in [-0.25, -0.2) is 0 Å². The van der Waals surface area contributed by atoms with Crippen LogP contribution in [0.1, 0.15) is 23.6 Å². The van der Waals surface area contributed by atoms with Crippen LogP contribution in [0, 0.1) is 6.92 Å². The minimum Gasteiger partial charge on any atom is -0.370 e. The van der Waals surface area contributed by atoms with Gasteiger partial charge in [-0.3, -0.25) is 0 Å². The third kappa shape index (κ3) is 4.23. The van der Waals surface area contributed by atoms with E-state index in [2.05, 4.69) is 61.4 Å². The molecule has 0 bridgehead atoms. The van der Waals surface area contributed by atoms with E-state index in [1.165, 1.54) is 16.8 Å². The van der Waals surface area contributed by atoms with Gasteiger partial charge in [-0.05, 0) is 31.2 Å². The van der Waals surface area contributed by atoms with E-state index in [-0.39, 0.29) is 0 Å². The van der Waals surface area contributed by atoms with E-state index in [1.807, 2.05) is 12.1 Å². The topological polar surface area (TPSA) is 15.3 Å². The maximum atomic E-state index is 6.37. The molecule has 0 fully saturated rings. The molecule has 0 aliphatic rings. The van der Waals surface area contributed by atoms with Crippen molar-refractivity contribution in [3.05, 3.63) is 64.2 Å². The van der Waals surface area contributed by atoms with Gasteiger partial charge in [0.15, 0.2) is 0 Å². The Bertz CT molecular complexity index is 596. The Morgan fingerprint density at radius 3 is 2.62 bits per heavy atom. The highest BCUT2D eigenvalue weighted by molar-refractivity contribution is 6.31. The van der Waals surface area contributed by atoms with Gasteiger partial charge in [-0.2, -0.15) is 0 Å². The summed E-state index contributed by atoms with van der Waals surface area (Å²) in [4.78, 5) is 2.26. The van der Waals surface area contributed by atoms with Crippen molar-refractivity contribution in [2.24, 2.45) is 0 Å². The lowest BCUT2D eigenvalue weighted by Gasteiger charge is -2.23. The van der Waals surface area contributed by atoms with Crippen LogP contribution >= 0.6 is 11.6 Å². The quantitative estimate of drug-likeness (QED) is 0.851. The Morgan fingerprint density at radius 1 is 1.14 bits per heavy atom. The second-order valence-electron chi connectivity index (χ2n) is 5.36. The van der Waals surface area contributed by atoms with Gasteiger partial charge >= 0.3 is 0 Å². The summed E-state index contributed by atoms with van der Waals surface area (Å²) in [5.74, 6) is 0. The molecule has 0 amide bonds. The fraction of sp³-hybridized carbons (Fsp3) is 0.333. The number of nitrogens with one attached hydrogen (secondary N) is 1. The van der Waals surface area contributed by atoms with Crippen LogP contribution in [0.25, 0.3) is 0 Å². The van der Waals surface area contributed by atoms with Crippen molar-refractivity contribution < 1.29 is 0 Å². The van der Waals surface area contributed by atoms with Crippen molar-refractivity contribution in [2.45, 2.75) is 26.9 Å². The summed E-state index contributed by atoms with van der Waals surface area (Å²) < 4.78 is 0. The molecular weight excluding hydrogens is 280 g/mol. The van der Waals surface area contributed by atoms with E-state index in [0.717, 1.165) is 30.2 Å². The van der Waals surface area contributed by atoms with Crippen LogP contribution in [-0.4, -0.2) is 13.6 Å². The zero-order valence-electron chi connectivity index (χ0n) is 13.0. The minimum atomic E-state index is 0.795. The molecule has 2 aromatic carbocycles. The molecule has 2 rings (SSSR count). The van der Waals surface area contributed by atoms with Crippen LogP contribution in [0.3, 0.4) is 0 Å². The number of aryl methyl sites for hydroxylation is 1. The van der Waals surface area contributed by atoms with Gasteiger partial charge < -0.3 is 10.2 Å². The summed E-state index contributed by atoms with van der Waals surface area (Å²) in [5, 5.41) is 4.19. The van der Waals surface area contributed by atoms with Crippen molar-refractivity contribution in [3.8, 4) is 0 Å². The van der Waals surface area contributed by atoms with E-state index >= 15 is 0 Å². The Labute approximate surface area is 132 Å². The summed E-state index contributed by atoms with van der Waals surface area (Å²) in [5.41, 5.74) is 4.95. The lowest BCUT2D eigenvalue weighted by atomic mass is 10.1. The SMILES string of the molecule is CCNCc1c(Cl)cccc1N(C)Cc1cccc(C)c1. The van der Waals surface area contributed by atoms with Gasteiger partial charge in [0, 0.05) is 36.4 Å². The second-order valence-corrected chi connectivity index (χ2v) is 5.77. The van der Waals surface area contributed by atoms with Gasteiger partial charge in [0.2, 0.25) is 0 Å². The smallest absolute Gasteiger partial charge is 0.0471 e. The van der Waals surface area contributed by atoms with Crippen LogP contribution in [0.15, 0.2) is 42.5 Å². The highest BCUT2D eigenvalue weighted by Crippen LogP contribution is 2.27. The van der Waals surface area contributed by atoms with Crippen LogP contribution < -0.4 is 10.2 Å².